The first-order valence-electron chi connectivity index (χ1n) is 8.21. The Kier molecular flexibility index (Phi) is 5.87. The summed E-state index contributed by atoms with van der Waals surface area (Å²) in [6, 6.07) is 9.60. The van der Waals surface area contributed by atoms with Crippen molar-refractivity contribution in [3.63, 3.8) is 0 Å². The summed E-state index contributed by atoms with van der Waals surface area (Å²) in [7, 11) is 0. The summed E-state index contributed by atoms with van der Waals surface area (Å²) in [5.41, 5.74) is 2.56. The lowest BCUT2D eigenvalue weighted by Gasteiger charge is -2.06. The molecular formula is C20H16ClF2NO2S. The third-order valence-corrected chi connectivity index (χ3v) is 5.21. The number of hydrogen-bond donors (Lipinski definition) is 0. The predicted octanol–water partition coefficient (Wildman–Crippen LogP) is 6.22. The van der Waals surface area contributed by atoms with Crippen LogP contribution in [0.25, 0.3) is 10.6 Å². The van der Waals surface area contributed by atoms with Crippen LogP contribution in [-0.2, 0) is 11.3 Å². The molecule has 0 aliphatic heterocycles. The van der Waals surface area contributed by atoms with Crippen molar-refractivity contribution in [2.24, 2.45) is 0 Å². The third-order valence-electron chi connectivity index (χ3n) is 3.96. The topological polar surface area (TPSA) is 39.2 Å². The van der Waals surface area contributed by atoms with Gasteiger partial charge in [-0.2, -0.15) is 0 Å². The van der Waals surface area contributed by atoms with Gasteiger partial charge in [0.25, 0.3) is 0 Å². The zero-order chi connectivity index (χ0) is 19.6. The van der Waals surface area contributed by atoms with Crippen LogP contribution in [0.5, 0.6) is 0 Å². The van der Waals surface area contributed by atoms with Crippen LogP contribution in [-0.4, -0.2) is 11.0 Å². The molecule has 3 aromatic rings. The Labute approximate surface area is 164 Å². The molecule has 27 heavy (non-hydrogen) atoms. The van der Waals surface area contributed by atoms with Gasteiger partial charge in [-0.15, -0.1) is 11.3 Å². The number of ether oxygens (including phenoxy) is 1. The van der Waals surface area contributed by atoms with Crippen molar-refractivity contribution < 1.29 is 18.3 Å². The van der Waals surface area contributed by atoms with Crippen molar-refractivity contribution in [2.45, 2.75) is 26.4 Å². The molecule has 1 heterocycles. The average Bonchev–Trinajstić information content (AvgIpc) is 3.12. The normalized spacial score (nSPS) is 11.0. The van der Waals surface area contributed by atoms with E-state index in [4.69, 9.17) is 16.3 Å². The number of benzene rings is 2. The molecule has 0 unspecified atom stereocenters. The lowest BCUT2D eigenvalue weighted by atomic mass is 10.0. The molecule has 2 aromatic carbocycles. The molecule has 0 aliphatic rings. The van der Waals surface area contributed by atoms with Crippen molar-refractivity contribution in [1.82, 2.24) is 4.98 Å². The van der Waals surface area contributed by atoms with Gasteiger partial charge >= 0.3 is 5.97 Å². The molecule has 0 fully saturated rings. The van der Waals surface area contributed by atoms with E-state index < -0.39 is 17.6 Å². The first-order chi connectivity index (χ1) is 12.8. The number of halogens is 3. The summed E-state index contributed by atoms with van der Waals surface area (Å²) < 4.78 is 31.5. The smallest absolute Gasteiger partial charge is 0.340 e. The summed E-state index contributed by atoms with van der Waals surface area (Å²) >= 11 is 7.21. The van der Waals surface area contributed by atoms with Gasteiger partial charge in [0.05, 0.1) is 16.3 Å². The number of nitrogens with zero attached hydrogens (tertiary/aromatic N) is 1. The van der Waals surface area contributed by atoms with Crippen molar-refractivity contribution in [1.29, 1.82) is 0 Å². The van der Waals surface area contributed by atoms with E-state index in [-0.39, 0.29) is 17.2 Å². The van der Waals surface area contributed by atoms with E-state index in [0.717, 1.165) is 22.7 Å². The molecule has 0 N–H and O–H groups in total. The van der Waals surface area contributed by atoms with E-state index in [0.29, 0.717) is 11.6 Å². The van der Waals surface area contributed by atoms with Crippen LogP contribution in [0.1, 0.15) is 41.4 Å². The SMILES string of the molecule is CC(C)c1ccc(-c2nc(COC(=O)c3cc(F)c(F)cc3Cl)cs2)cc1. The van der Waals surface area contributed by atoms with Crippen LogP contribution in [0, 0.1) is 11.6 Å². The van der Waals surface area contributed by atoms with Crippen molar-refractivity contribution in [3.05, 3.63) is 75.3 Å². The molecule has 0 saturated carbocycles. The Bertz CT molecular complexity index is 971. The number of aromatic nitrogens is 1. The van der Waals surface area contributed by atoms with Gasteiger partial charge in [-0.3, -0.25) is 0 Å². The van der Waals surface area contributed by atoms with E-state index in [9.17, 15) is 13.6 Å². The summed E-state index contributed by atoms with van der Waals surface area (Å²) in [6.07, 6.45) is 0. The van der Waals surface area contributed by atoms with Crippen molar-refractivity contribution in [3.8, 4) is 10.6 Å². The highest BCUT2D eigenvalue weighted by Gasteiger charge is 2.17. The van der Waals surface area contributed by atoms with Gasteiger partial charge in [-0.25, -0.2) is 18.6 Å². The van der Waals surface area contributed by atoms with Crippen LogP contribution in [0.4, 0.5) is 8.78 Å². The molecule has 0 spiro atoms. The van der Waals surface area contributed by atoms with Crippen LogP contribution in [0.2, 0.25) is 5.02 Å². The first-order valence-corrected chi connectivity index (χ1v) is 9.47. The molecule has 0 aliphatic carbocycles. The van der Waals surface area contributed by atoms with Crippen LogP contribution >= 0.6 is 22.9 Å². The summed E-state index contributed by atoms with van der Waals surface area (Å²) in [4.78, 5) is 16.5. The minimum Gasteiger partial charge on any atom is -0.456 e. The third kappa shape index (κ3) is 4.51. The molecule has 3 nitrogen and oxygen atoms in total. The second-order valence-corrected chi connectivity index (χ2v) is 7.51. The van der Waals surface area contributed by atoms with Gasteiger partial charge < -0.3 is 4.74 Å². The number of carbonyl (C=O) groups is 1. The maximum absolute atomic E-state index is 13.3. The highest BCUT2D eigenvalue weighted by molar-refractivity contribution is 7.13. The minimum atomic E-state index is -1.16. The van der Waals surface area contributed by atoms with Crippen molar-refractivity contribution >= 4 is 28.9 Å². The van der Waals surface area contributed by atoms with E-state index in [1.807, 2.05) is 12.1 Å². The second-order valence-electron chi connectivity index (χ2n) is 6.24. The number of thiazole rings is 1. The Morgan fingerprint density at radius 2 is 1.85 bits per heavy atom. The second kappa shape index (κ2) is 8.15. The first kappa shape index (κ1) is 19.5. The number of rotatable bonds is 5. The summed E-state index contributed by atoms with van der Waals surface area (Å²) in [6.45, 7) is 4.17. The molecule has 0 radical (unpaired) electrons. The molecule has 7 heteroatoms. The van der Waals surface area contributed by atoms with Gasteiger partial charge in [0, 0.05) is 10.9 Å². The molecule has 3 rings (SSSR count). The zero-order valence-corrected chi connectivity index (χ0v) is 16.2. The van der Waals surface area contributed by atoms with Crippen LogP contribution in [0.3, 0.4) is 0 Å². The Morgan fingerprint density at radius 1 is 1.19 bits per heavy atom. The van der Waals surface area contributed by atoms with Gasteiger partial charge in [0.15, 0.2) is 11.6 Å². The fourth-order valence-electron chi connectivity index (χ4n) is 2.41. The molecule has 0 saturated heterocycles. The van der Waals surface area contributed by atoms with Gasteiger partial charge in [-0.1, -0.05) is 49.7 Å². The Hall–Kier alpha value is -2.31. The van der Waals surface area contributed by atoms with Crippen LogP contribution < -0.4 is 0 Å². The summed E-state index contributed by atoms with van der Waals surface area (Å²) in [5.74, 6) is -2.67. The quantitative estimate of drug-likeness (QED) is 0.372. The lowest BCUT2D eigenvalue weighted by Crippen LogP contribution is -2.07. The zero-order valence-electron chi connectivity index (χ0n) is 14.6. The van der Waals surface area contributed by atoms with Crippen molar-refractivity contribution in [2.75, 3.05) is 0 Å². The molecule has 1 aromatic heterocycles. The van der Waals surface area contributed by atoms with Gasteiger partial charge in [0.2, 0.25) is 0 Å². The van der Waals surface area contributed by atoms with Gasteiger partial charge in [-0.05, 0) is 23.6 Å². The van der Waals surface area contributed by atoms with E-state index in [1.54, 1.807) is 5.38 Å². The monoisotopic (exact) mass is 407 g/mol. The van der Waals surface area contributed by atoms with E-state index >= 15 is 0 Å². The number of esters is 1. The van der Waals surface area contributed by atoms with Crippen LogP contribution in [0.15, 0.2) is 41.8 Å². The van der Waals surface area contributed by atoms with E-state index in [2.05, 4.69) is 31.0 Å². The number of hydrogen-bond acceptors (Lipinski definition) is 4. The fourth-order valence-corrected chi connectivity index (χ4v) is 3.45. The Balaban J connectivity index is 1.67. The maximum Gasteiger partial charge on any atom is 0.340 e. The fraction of sp³-hybridized carbons (Fsp3) is 0.200. The summed E-state index contributed by atoms with van der Waals surface area (Å²) in [5, 5.41) is 2.39. The largest absolute Gasteiger partial charge is 0.456 e. The molecule has 0 amide bonds. The Morgan fingerprint density at radius 3 is 2.52 bits per heavy atom. The predicted molar refractivity (Wildman–Crippen MR) is 102 cm³/mol. The highest BCUT2D eigenvalue weighted by Crippen LogP contribution is 2.26. The molecular weight excluding hydrogens is 392 g/mol. The maximum atomic E-state index is 13.3. The standard InChI is InChI=1S/C20H16ClF2NO2S/c1-11(2)12-3-5-13(6-4-12)19-24-14(10-27-19)9-26-20(25)15-7-17(22)18(23)8-16(15)21/h3-8,10-11H,9H2,1-2H3. The molecule has 140 valence electrons. The lowest BCUT2D eigenvalue weighted by molar-refractivity contribution is 0.0468. The average molecular weight is 408 g/mol. The molecule has 0 atom stereocenters. The van der Waals surface area contributed by atoms with Gasteiger partial charge in [0.1, 0.15) is 11.6 Å². The minimum absolute atomic E-state index is 0.0886. The number of carbonyl (C=O) groups excluding carboxylic acids is 1. The van der Waals surface area contributed by atoms with E-state index in [1.165, 1.54) is 16.9 Å². The highest BCUT2D eigenvalue weighted by atomic mass is 35.5. The molecule has 0 bridgehead atoms.